The Balaban J connectivity index is 1.90. The molecule has 2 heterocycles. The minimum absolute atomic E-state index is 0.232. The van der Waals surface area contributed by atoms with Crippen LogP contribution < -0.4 is 10.5 Å². The summed E-state index contributed by atoms with van der Waals surface area (Å²) in [5.74, 6) is 0.612. The maximum absolute atomic E-state index is 13.1. The van der Waals surface area contributed by atoms with Gasteiger partial charge in [0.15, 0.2) is 0 Å². The van der Waals surface area contributed by atoms with E-state index in [9.17, 15) is 8.42 Å². The lowest BCUT2D eigenvalue weighted by atomic mass is 10.1. The van der Waals surface area contributed by atoms with Crippen molar-refractivity contribution in [1.29, 1.82) is 0 Å². The molecule has 7 heteroatoms. The number of fused-ring (bicyclic) bond motifs is 1. The lowest BCUT2D eigenvalue weighted by Crippen LogP contribution is -2.11. The van der Waals surface area contributed by atoms with Gasteiger partial charge < -0.3 is 10.5 Å². The van der Waals surface area contributed by atoms with Crippen molar-refractivity contribution < 1.29 is 13.2 Å². The van der Waals surface area contributed by atoms with E-state index in [1.165, 1.54) is 3.97 Å². The normalized spacial score (nSPS) is 11.6. The fourth-order valence-corrected chi connectivity index (χ4v) is 4.45. The molecule has 0 bridgehead atoms. The lowest BCUT2D eigenvalue weighted by Gasteiger charge is -2.11. The highest BCUT2D eigenvalue weighted by Gasteiger charge is 2.20. The molecule has 2 aromatic heterocycles. The van der Waals surface area contributed by atoms with Gasteiger partial charge >= 0.3 is 0 Å². The van der Waals surface area contributed by atoms with Crippen LogP contribution in [0.4, 0.5) is 5.69 Å². The number of aryl methyl sites for hydroxylation is 1. The van der Waals surface area contributed by atoms with Gasteiger partial charge in [-0.2, -0.15) is 0 Å². The molecule has 0 fully saturated rings. The summed E-state index contributed by atoms with van der Waals surface area (Å²) in [4.78, 5) is 4.69. The monoisotopic (exact) mass is 393 g/mol. The quantitative estimate of drug-likeness (QED) is 0.532. The summed E-state index contributed by atoms with van der Waals surface area (Å²) in [5, 5.41) is 0.724. The van der Waals surface area contributed by atoms with Crippen LogP contribution >= 0.6 is 0 Å². The Bertz CT molecular complexity index is 1280. The highest BCUT2D eigenvalue weighted by Crippen LogP contribution is 2.33. The smallest absolute Gasteiger partial charge is 0.268 e. The van der Waals surface area contributed by atoms with E-state index in [1.807, 2.05) is 6.92 Å². The van der Waals surface area contributed by atoms with E-state index in [2.05, 4.69) is 4.98 Å². The largest absolute Gasteiger partial charge is 0.496 e. The van der Waals surface area contributed by atoms with Crippen LogP contribution in [0.25, 0.3) is 22.2 Å². The van der Waals surface area contributed by atoms with Crippen LogP contribution in [-0.2, 0) is 10.0 Å². The topological polar surface area (TPSA) is 87.2 Å². The fraction of sp³-hybridized carbons (Fsp3) is 0.0952. The summed E-state index contributed by atoms with van der Waals surface area (Å²) >= 11 is 0. The molecule has 0 saturated carbocycles. The van der Waals surface area contributed by atoms with E-state index in [0.29, 0.717) is 28.2 Å². The molecule has 0 amide bonds. The molecule has 0 radical (unpaired) electrons. The van der Waals surface area contributed by atoms with E-state index >= 15 is 0 Å². The Kier molecular flexibility index (Phi) is 4.31. The second-order valence-corrected chi connectivity index (χ2v) is 8.33. The first-order chi connectivity index (χ1) is 13.4. The van der Waals surface area contributed by atoms with E-state index in [0.717, 1.165) is 10.9 Å². The lowest BCUT2D eigenvalue weighted by molar-refractivity contribution is 0.416. The zero-order valence-electron chi connectivity index (χ0n) is 15.5. The van der Waals surface area contributed by atoms with Gasteiger partial charge in [0, 0.05) is 29.0 Å². The fourth-order valence-electron chi connectivity index (χ4n) is 3.11. The maximum atomic E-state index is 13.1. The van der Waals surface area contributed by atoms with Crippen molar-refractivity contribution in [3.8, 4) is 17.0 Å². The zero-order chi connectivity index (χ0) is 19.9. The van der Waals surface area contributed by atoms with Crippen LogP contribution in [0.1, 0.15) is 5.56 Å². The van der Waals surface area contributed by atoms with Crippen LogP contribution in [0, 0.1) is 6.92 Å². The van der Waals surface area contributed by atoms with Crippen molar-refractivity contribution in [1.82, 2.24) is 8.96 Å². The molecular weight excluding hydrogens is 374 g/mol. The summed E-state index contributed by atoms with van der Waals surface area (Å²) in [6, 6.07) is 15.5. The van der Waals surface area contributed by atoms with Crippen molar-refractivity contribution >= 4 is 26.6 Å². The van der Waals surface area contributed by atoms with Gasteiger partial charge in [0.2, 0.25) is 0 Å². The third-order valence-electron chi connectivity index (χ3n) is 4.62. The number of methoxy groups -OCH3 is 1. The predicted molar refractivity (Wildman–Crippen MR) is 110 cm³/mol. The minimum Gasteiger partial charge on any atom is -0.496 e. The standard InChI is InChI=1S/C21H19N3O3S/c1-14-3-6-17(7-4-14)28(25,26)24-10-9-15-13-23-19(12-20(15)24)18-11-16(22)5-8-21(18)27-2/h3-13H,22H2,1-2H3. The Morgan fingerprint density at radius 1 is 1.04 bits per heavy atom. The third-order valence-corrected chi connectivity index (χ3v) is 6.32. The van der Waals surface area contributed by atoms with Crippen LogP contribution in [-0.4, -0.2) is 24.5 Å². The second kappa shape index (κ2) is 6.69. The molecular formula is C21H19N3O3S. The number of aromatic nitrogens is 2. The van der Waals surface area contributed by atoms with Crippen LogP contribution in [0.2, 0.25) is 0 Å². The van der Waals surface area contributed by atoms with Crippen LogP contribution in [0.3, 0.4) is 0 Å². The van der Waals surface area contributed by atoms with Gasteiger partial charge in [-0.25, -0.2) is 12.4 Å². The molecule has 142 valence electrons. The number of hydrogen-bond acceptors (Lipinski definition) is 5. The average Bonchev–Trinajstić information content (AvgIpc) is 3.12. The Morgan fingerprint density at radius 3 is 2.50 bits per heavy atom. The van der Waals surface area contributed by atoms with Crippen molar-refractivity contribution in [3.05, 3.63) is 72.6 Å². The molecule has 0 aliphatic rings. The van der Waals surface area contributed by atoms with Crippen molar-refractivity contribution in [2.75, 3.05) is 12.8 Å². The molecule has 0 aliphatic heterocycles. The Morgan fingerprint density at radius 2 is 1.79 bits per heavy atom. The molecule has 2 N–H and O–H groups in total. The van der Waals surface area contributed by atoms with E-state index in [-0.39, 0.29) is 4.90 Å². The highest BCUT2D eigenvalue weighted by atomic mass is 32.2. The first kappa shape index (κ1) is 18.1. The van der Waals surface area contributed by atoms with Gasteiger partial charge in [0.05, 0.1) is 23.2 Å². The number of nitrogens with two attached hydrogens (primary N) is 1. The highest BCUT2D eigenvalue weighted by molar-refractivity contribution is 7.90. The van der Waals surface area contributed by atoms with E-state index < -0.39 is 10.0 Å². The number of pyridine rings is 1. The molecule has 0 aliphatic carbocycles. The van der Waals surface area contributed by atoms with Crippen molar-refractivity contribution in [3.63, 3.8) is 0 Å². The SMILES string of the molecule is COc1ccc(N)cc1-c1cc2c(ccn2S(=O)(=O)c2ccc(C)cc2)cn1. The molecule has 0 atom stereocenters. The molecule has 0 saturated heterocycles. The van der Waals surface area contributed by atoms with Gasteiger partial charge in [-0.15, -0.1) is 0 Å². The number of hydrogen-bond donors (Lipinski definition) is 1. The van der Waals surface area contributed by atoms with Gasteiger partial charge in [0.25, 0.3) is 10.0 Å². The third kappa shape index (κ3) is 2.99. The summed E-state index contributed by atoms with van der Waals surface area (Å²) in [6.45, 7) is 1.92. The molecule has 0 spiro atoms. The minimum atomic E-state index is -3.73. The number of rotatable bonds is 4. The maximum Gasteiger partial charge on any atom is 0.268 e. The molecule has 28 heavy (non-hydrogen) atoms. The van der Waals surface area contributed by atoms with E-state index in [4.69, 9.17) is 10.5 Å². The van der Waals surface area contributed by atoms with Gasteiger partial charge in [0.1, 0.15) is 5.75 Å². The molecule has 4 aromatic rings. The molecule has 2 aromatic carbocycles. The Hall–Kier alpha value is -3.32. The zero-order valence-corrected chi connectivity index (χ0v) is 16.3. The molecule has 6 nitrogen and oxygen atoms in total. The summed E-state index contributed by atoms with van der Waals surface area (Å²) < 4.78 is 33.0. The van der Waals surface area contributed by atoms with Gasteiger partial charge in [-0.05, 0) is 49.4 Å². The van der Waals surface area contributed by atoms with Gasteiger partial charge in [-0.3, -0.25) is 4.98 Å². The molecule has 4 rings (SSSR count). The van der Waals surface area contributed by atoms with Crippen molar-refractivity contribution in [2.24, 2.45) is 0 Å². The number of nitrogen functional groups attached to an aromatic ring is 1. The van der Waals surface area contributed by atoms with Gasteiger partial charge in [-0.1, -0.05) is 17.7 Å². The van der Waals surface area contributed by atoms with E-state index in [1.54, 1.807) is 74.1 Å². The predicted octanol–water partition coefficient (Wildman–Crippen LogP) is 3.84. The first-order valence-corrected chi connectivity index (χ1v) is 10.1. The number of anilines is 1. The van der Waals surface area contributed by atoms with Crippen LogP contribution in [0.5, 0.6) is 5.75 Å². The first-order valence-electron chi connectivity index (χ1n) is 8.63. The number of nitrogens with zero attached hydrogens (tertiary/aromatic N) is 2. The summed E-state index contributed by atoms with van der Waals surface area (Å²) in [5.41, 5.74) is 9.30. The van der Waals surface area contributed by atoms with Crippen LogP contribution in [0.15, 0.2) is 71.9 Å². The van der Waals surface area contributed by atoms with Crippen molar-refractivity contribution in [2.45, 2.75) is 11.8 Å². The Labute approximate surface area is 163 Å². The second-order valence-electron chi connectivity index (χ2n) is 6.52. The molecule has 0 unspecified atom stereocenters. The summed E-state index contributed by atoms with van der Waals surface area (Å²) in [6.07, 6.45) is 3.19. The number of benzene rings is 2. The summed E-state index contributed by atoms with van der Waals surface area (Å²) in [7, 11) is -2.16. The average molecular weight is 393 g/mol. The number of ether oxygens (including phenoxy) is 1.